The molecule has 0 fully saturated rings. The molecule has 0 saturated heterocycles. The summed E-state index contributed by atoms with van der Waals surface area (Å²) in [5, 5.41) is 3.02. The molecule has 3 rings (SSSR count). The minimum atomic E-state index is -4.00. The van der Waals surface area contributed by atoms with Crippen LogP contribution in [0, 0.1) is 6.92 Å². The maximum absolute atomic E-state index is 13.3. The number of methoxy groups -OCH3 is 1. The van der Waals surface area contributed by atoms with Gasteiger partial charge in [-0.05, 0) is 42.8 Å². The van der Waals surface area contributed by atoms with Crippen LogP contribution in [0.1, 0.15) is 11.1 Å². The van der Waals surface area contributed by atoms with Gasteiger partial charge in [-0.15, -0.1) is 0 Å². The molecule has 1 amide bonds. The summed E-state index contributed by atoms with van der Waals surface area (Å²) in [5.74, 6) is -0.0293. The molecule has 0 aliphatic heterocycles. The van der Waals surface area contributed by atoms with Crippen molar-refractivity contribution < 1.29 is 17.9 Å². The third-order valence-electron chi connectivity index (χ3n) is 4.65. The van der Waals surface area contributed by atoms with E-state index < -0.39 is 22.5 Å². The highest BCUT2D eigenvalue weighted by Gasteiger charge is 2.27. The molecule has 162 valence electrons. The van der Waals surface area contributed by atoms with E-state index in [-0.39, 0.29) is 15.6 Å². The molecular formula is C23H23ClN2O4S. The van der Waals surface area contributed by atoms with E-state index in [1.807, 2.05) is 31.2 Å². The number of benzene rings is 3. The summed E-state index contributed by atoms with van der Waals surface area (Å²) in [7, 11) is -2.53. The number of nitrogens with zero attached hydrogens (tertiary/aromatic N) is 1. The molecule has 0 heterocycles. The predicted octanol–water partition coefficient (Wildman–Crippen LogP) is 4.17. The zero-order valence-corrected chi connectivity index (χ0v) is 18.8. The minimum Gasteiger partial charge on any atom is -0.495 e. The van der Waals surface area contributed by atoms with Crippen molar-refractivity contribution in [1.29, 1.82) is 0 Å². The first-order valence-corrected chi connectivity index (χ1v) is 11.4. The highest BCUT2D eigenvalue weighted by atomic mass is 35.5. The fraction of sp³-hybridized carbons (Fsp3) is 0.174. The number of carbonyl (C=O) groups excluding carboxylic acids is 1. The van der Waals surface area contributed by atoms with Gasteiger partial charge in [0.2, 0.25) is 5.91 Å². The Kier molecular flexibility index (Phi) is 7.20. The van der Waals surface area contributed by atoms with Crippen LogP contribution in [0.2, 0.25) is 5.02 Å². The van der Waals surface area contributed by atoms with Crippen molar-refractivity contribution in [3.05, 3.63) is 88.9 Å². The second-order valence-electron chi connectivity index (χ2n) is 6.91. The van der Waals surface area contributed by atoms with Crippen molar-refractivity contribution in [2.45, 2.75) is 18.4 Å². The van der Waals surface area contributed by atoms with E-state index in [4.69, 9.17) is 16.3 Å². The summed E-state index contributed by atoms with van der Waals surface area (Å²) >= 11 is 6.21. The molecule has 0 unspecified atom stereocenters. The van der Waals surface area contributed by atoms with Gasteiger partial charge in [0.15, 0.2) is 0 Å². The van der Waals surface area contributed by atoms with Crippen molar-refractivity contribution in [3.8, 4) is 5.75 Å². The minimum absolute atomic E-state index is 0.0771. The van der Waals surface area contributed by atoms with Crippen LogP contribution in [-0.2, 0) is 21.4 Å². The van der Waals surface area contributed by atoms with Gasteiger partial charge in [0, 0.05) is 6.54 Å². The van der Waals surface area contributed by atoms with Crippen LogP contribution in [0.25, 0.3) is 0 Å². The number of sulfonamides is 1. The summed E-state index contributed by atoms with van der Waals surface area (Å²) in [6, 6.07) is 20.3. The quantitative estimate of drug-likeness (QED) is 0.549. The molecule has 6 nitrogen and oxygen atoms in total. The Balaban J connectivity index is 1.87. The second-order valence-corrected chi connectivity index (χ2v) is 9.18. The third-order valence-corrected chi connectivity index (χ3v) is 6.74. The predicted molar refractivity (Wildman–Crippen MR) is 122 cm³/mol. The molecule has 0 aliphatic carbocycles. The molecule has 3 aromatic carbocycles. The molecule has 0 aliphatic rings. The van der Waals surface area contributed by atoms with Gasteiger partial charge in [-0.25, -0.2) is 8.42 Å². The van der Waals surface area contributed by atoms with E-state index in [0.717, 1.165) is 15.4 Å². The summed E-state index contributed by atoms with van der Waals surface area (Å²) < 4.78 is 32.8. The average molecular weight is 459 g/mol. The van der Waals surface area contributed by atoms with Crippen LogP contribution >= 0.6 is 11.6 Å². The Bertz CT molecular complexity index is 1150. The first-order chi connectivity index (χ1) is 14.8. The van der Waals surface area contributed by atoms with Crippen LogP contribution in [0.15, 0.2) is 77.7 Å². The lowest BCUT2D eigenvalue weighted by Gasteiger charge is -2.24. The lowest BCUT2D eigenvalue weighted by Crippen LogP contribution is -2.40. The van der Waals surface area contributed by atoms with Crippen molar-refractivity contribution in [3.63, 3.8) is 0 Å². The molecule has 3 aromatic rings. The standard InChI is InChI=1S/C23H23ClN2O4S/c1-17-8-10-18(11-9-17)15-25-23(27)16-26(19-12-13-22(30-2)21(24)14-19)31(28,29)20-6-4-3-5-7-20/h3-14H,15-16H2,1-2H3,(H,25,27). The Morgan fingerprint density at radius 3 is 2.32 bits per heavy atom. The van der Waals surface area contributed by atoms with Gasteiger partial charge in [0.05, 0.1) is 22.7 Å². The normalized spacial score (nSPS) is 11.1. The number of aryl methyl sites for hydroxylation is 1. The SMILES string of the molecule is COc1ccc(N(CC(=O)NCc2ccc(C)cc2)S(=O)(=O)c2ccccc2)cc1Cl. The zero-order valence-electron chi connectivity index (χ0n) is 17.2. The Hall–Kier alpha value is -3.03. The van der Waals surface area contributed by atoms with E-state index in [9.17, 15) is 13.2 Å². The van der Waals surface area contributed by atoms with E-state index >= 15 is 0 Å². The molecule has 0 aromatic heterocycles. The molecule has 8 heteroatoms. The smallest absolute Gasteiger partial charge is 0.264 e. The summed E-state index contributed by atoms with van der Waals surface area (Å²) in [5.41, 5.74) is 2.30. The van der Waals surface area contributed by atoms with Gasteiger partial charge in [0.25, 0.3) is 10.0 Å². The van der Waals surface area contributed by atoms with Crippen LogP contribution < -0.4 is 14.4 Å². The van der Waals surface area contributed by atoms with Gasteiger partial charge in [-0.2, -0.15) is 0 Å². The lowest BCUT2D eigenvalue weighted by molar-refractivity contribution is -0.119. The van der Waals surface area contributed by atoms with Gasteiger partial charge in [-0.1, -0.05) is 59.6 Å². The summed E-state index contributed by atoms with van der Waals surface area (Å²) in [6.45, 7) is 1.88. The first-order valence-electron chi connectivity index (χ1n) is 9.55. The number of nitrogens with one attached hydrogen (secondary N) is 1. The lowest BCUT2D eigenvalue weighted by atomic mass is 10.1. The molecule has 0 atom stereocenters. The number of ether oxygens (including phenoxy) is 1. The number of hydrogen-bond acceptors (Lipinski definition) is 4. The van der Waals surface area contributed by atoms with Gasteiger partial charge < -0.3 is 10.1 Å². The third kappa shape index (κ3) is 5.57. The van der Waals surface area contributed by atoms with Gasteiger partial charge in [0.1, 0.15) is 12.3 Å². The maximum Gasteiger partial charge on any atom is 0.264 e. The molecule has 0 saturated carbocycles. The number of halogens is 1. The zero-order chi connectivity index (χ0) is 22.4. The van der Waals surface area contributed by atoms with Crippen LogP contribution in [0.3, 0.4) is 0 Å². The molecule has 1 N–H and O–H groups in total. The number of amides is 1. The molecule has 0 spiro atoms. The van der Waals surface area contributed by atoms with Crippen LogP contribution in [0.4, 0.5) is 5.69 Å². The maximum atomic E-state index is 13.3. The molecule has 31 heavy (non-hydrogen) atoms. The summed E-state index contributed by atoms with van der Waals surface area (Å²) in [4.78, 5) is 12.8. The van der Waals surface area contributed by atoms with Crippen molar-refractivity contribution in [2.75, 3.05) is 18.0 Å². The number of hydrogen-bond donors (Lipinski definition) is 1. The largest absolute Gasteiger partial charge is 0.495 e. The van der Waals surface area contributed by atoms with E-state index in [1.54, 1.807) is 30.3 Å². The molecular weight excluding hydrogens is 436 g/mol. The van der Waals surface area contributed by atoms with E-state index in [1.165, 1.54) is 25.3 Å². The Morgan fingerprint density at radius 1 is 1.03 bits per heavy atom. The Morgan fingerprint density at radius 2 is 1.71 bits per heavy atom. The number of rotatable bonds is 8. The number of carbonyl (C=O) groups is 1. The second kappa shape index (κ2) is 9.85. The average Bonchev–Trinajstić information content (AvgIpc) is 2.77. The fourth-order valence-corrected chi connectivity index (χ4v) is 4.62. The summed E-state index contributed by atoms with van der Waals surface area (Å²) in [6.07, 6.45) is 0. The molecule has 0 radical (unpaired) electrons. The number of anilines is 1. The molecule has 0 bridgehead atoms. The van der Waals surface area contributed by atoms with E-state index in [0.29, 0.717) is 12.3 Å². The van der Waals surface area contributed by atoms with E-state index in [2.05, 4.69) is 5.32 Å². The highest BCUT2D eigenvalue weighted by Crippen LogP contribution is 2.31. The van der Waals surface area contributed by atoms with Crippen molar-refractivity contribution >= 4 is 33.2 Å². The van der Waals surface area contributed by atoms with Gasteiger partial charge >= 0.3 is 0 Å². The van der Waals surface area contributed by atoms with Gasteiger partial charge in [-0.3, -0.25) is 9.10 Å². The van der Waals surface area contributed by atoms with Crippen LogP contribution in [0.5, 0.6) is 5.75 Å². The van der Waals surface area contributed by atoms with Crippen LogP contribution in [-0.4, -0.2) is 28.0 Å². The fourth-order valence-electron chi connectivity index (χ4n) is 2.94. The Labute approximate surface area is 187 Å². The van der Waals surface area contributed by atoms with Crippen molar-refractivity contribution in [1.82, 2.24) is 5.32 Å². The van der Waals surface area contributed by atoms with Crippen molar-refractivity contribution in [2.24, 2.45) is 0 Å². The highest BCUT2D eigenvalue weighted by molar-refractivity contribution is 7.92. The monoisotopic (exact) mass is 458 g/mol. The first kappa shape index (κ1) is 22.7. The topological polar surface area (TPSA) is 75.7 Å².